The van der Waals surface area contributed by atoms with Crippen LogP contribution >= 0.6 is 11.8 Å². The van der Waals surface area contributed by atoms with Crippen LogP contribution in [0.1, 0.15) is 5.56 Å². The monoisotopic (exact) mass is 412 g/mol. The molecule has 0 atom stereocenters. The second-order valence-corrected chi connectivity index (χ2v) is 6.28. The van der Waals surface area contributed by atoms with Crippen LogP contribution in [-0.4, -0.2) is 21.9 Å². The number of halogens is 3. The SMILES string of the molecule is O=C(O)C=CC(=O)Nc1ccccc1Sc1ccc(C(F)(F)F)cc1[N+](=O)[O-]. The fourth-order valence-electron chi connectivity index (χ4n) is 2.02. The van der Waals surface area contributed by atoms with E-state index in [2.05, 4.69) is 5.32 Å². The summed E-state index contributed by atoms with van der Waals surface area (Å²) in [7, 11) is 0. The maximum Gasteiger partial charge on any atom is 0.416 e. The minimum absolute atomic E-state index is 0.0548. The molecule has 0 unspecified atom stereocenters. The Morgan fingerprint density at radius 1 is 1.11 bits per heavy atom. The highest BCUT2D eigenvalue weighted by Crippen LogP contribution is 2.41. The number of nitrogens with zero attached hydrogens (tertiary/aromatic N) is 1. The standard InChI is InChI=1S/C17H11F3N2O5S/c18-17(19,20)10-5-6-14(12(9-10)22(26)27)28-13-4-2-1-3-11(13)21-15(23)7-8-16(24)25/h1-9H,(H,21,23)(H,24,25). The number of nitrogens with one attached hydrogen (secondary N) is 1. The van der Waals surface area contributed by atoms with Crippen molar-refractivity contribution in [1.82, 2.24) is 0 Å². The zero-order valence-electron chi connectivity index (χ0n) is 13.8. The van der Waals surface area contributed by atoms with Crippen LogP contribution in [-0.2, 0) is 15.8 Å². The summed E-state index contributed by atoms with van der Waals surface area (Å²) < 4.78 is 38.4. The lowest BCUT2D eigenvalue weighted by Gasteiger charge is -2.11. The Morgan fingerprint density at radius 3 is 2.39 bits per heavy atom. The number of carboxylic acids is 1. The predicted molar refractivity (Wildman–Crippen MR) is 94.1 cm³/mol. The summed E-state index contributed by atoms with van der Waals surface area (Å²) in [6, 6.07) is 8.25. The van der Waals surface area contributed by atoms with E-state index in [9.17, 15) is 32.9 Å². The number of hydrogen-bond acceptors (Lipinski definition) is 5. The number of nitro groups is 1. The Kier molecular flexibility index (Phi) is 6.41. The van der Waals surface area contributed by atoms with Crippen LogP contribution in [0.2, 0.25) is 0 Å². The summed E-state index contributed by atoms with van der Waals surface area (Å²) in [5.41, 5.74) is -1.67. The van der Waals surface area contributed by atoms with E-state index in [1.54, 1.807) is 12.1 Å². The van der Waals surface area contributed by atoms with E-state index in [0.717, 1.165) is 30.0 Å². The number of alkyl halides is 3. The lowest BCUT2D eigenvalue weighted by molar-refractivity contribution is -0.388. The molecule has 0 aliphatic heterocycles. The molecule has 2 rings (SSSR count). The Balaban J connectivity index is 2.35. The number of carbonyl (C=O) groups excluding carboxylic acids is 1. The summed E-state index contributed by atoms with van der Waals surface area (Å²) in [5.74, 6) is -2.07. The van der Waals surface area contributed by atoms with Crippen molar-refractivity contribution in [3.8, 4) is 0 Å². The van der Waals surface area contributed by atoms with Gasteiger partial charge in [-0.25, -0.2) is 4.79 Å². The van der Waals surface area contributed by atoms with Gasteiger partial charge >= 0.3 is 12.1 Å². The van der Waals surface area contributed by atoms with Crippen molar-refractivity contribution in [2.75, 3.05) is 5.32 Å². The average molecular weight is 412 g/mol. The number of hydrogen-bond donors (Lipinski definition) is 2. The Morgan fingerprint density at radius 2 is 1.79 bits per heavy atom. The van der Waals surface area contributed by atoms with Crippen molar-refractivity contribution < 1.29 is 32.8 Å². The van der Waals surface area contributed by atoms with Crippen molar-refractivity contribution in [3.05, 3.63) is 70.3 Å². The van der Waals surface area contributed by atoms with Crippen LogP contribution in [0.3, 0.4) is 0 Å². The van der Waals surface area contributed by atoms with E-state index < -0.39 is 34.2 Å². The van der Waals surface area contributed by atoms with Gasteiger partial charge in [0, 0.05) is 23.1 Å². The Bertz CT molecular complexity index is 960. The lowest BCUT2D eigenvalue weighted by Crippen LogP contribution is -2.09. The van der Waals surface area contributed by atoms with Gasteiger partial charge in [0.1, 0.15) is 0 Å². The van der Waals surface area contributed by atoms with Crippen LogP contribution in [0, 0.1) is 10.1 Å². The van der Waals surface area contributed by atoms with Crippen LogP contribution in [0.15, 0.2) is 64.4 Å². The third-order valence-electron chi connectivity index (χ3n) is 3.23. The van der Waals surface area contributed by atoms with E-state index >= 15 is 0 Å². The van der Waals surface area contributed by atoms with Crippen LogP contribution in [0.4, 0.5) is 24.5 Å². The molecule has 0 aliphatic rings. The molecule has 0 saturated heterocycles. The summed E-state index contributed by atoms with van der Waals surface area (Å²) >= 11 is 0.791. The molecule has 28 heavy (non-hydrogen) atoms. The normalized spacial score (nSPS) is 11.4. The number of nitro benzene ring substituents is 1. The first-order chi connectivity index (χ1) is 13.1. The highest BCUT2D eigenvalue weighted by molar-refractivity contribution is 7.99. The molecule has 146 valence electrons. The fourth-order valence-corrected chi connectivity index (χ4v) is 3.01. The molecule has 0 fully saturated rings. The van der Waals surface area contributed by atoms with Gasteiger partial charge in [-0.15, -0.1) is 0 Å². The third kappa shape index (κ3) is 5.58. The minimum atomic E-state index is -4.73. The summed E-state index contributed by atoms with van der Waals surface area (Å²) in [6.07, 6.45) is -3.31. The van der Waals surface area contributed by atoms with E-state index in [1.807, 2.05) is 0 Å². The summed E-state index contributed by atoms with van der Waals surface area (Å²) in [6.45, 7) is 0. The minimum Gasteiger partial charge on any atom is -0.478 e. The molecule has 11 heteroatoms. The smallest absolute Gasteiger partial charge is 0.416 e. The maximum atomic E-state index is 12.8. The molecule has 7 nitrogen and oxygen atoms in total. The van der Waals surface area contributed by atoms with E-state index in [0.29, 0.717) is 17.0 Å². The van der Waals surface area contributed by atoms with Gasteiger partial charge in [0.25, 0.3) is 5.69 Å². The molecule has 0 saturated carbocycles. The zero-order valence-corrected chi connectivity index (χ0v) is 14.6. The van der Waals surface area contributed by atoms with E-state index in [4.69, 9.17) is 5.11 Å². The van der Waals surface area contributed by atoms with Gasteiger partial charge < -0.3 is 10.4 Å². The fraction of sp³-hybridized carbons (Fsp3) is 0.0588. The second kappa shape index (κ2) is 8.57. The van der Waals surface area contributed by atoms with Gasteiger partial charge in [0.2, 0.25) is 5.91 Å². The lowest BCUT2D eigenvalue weighted by atomic mass is 10.2. The summed E-state index contributed by atoms with van der Waals surface area (Å²) in [4.78, 5) is 32.7. The number of para-hydroxylation sites is 1. The van der Waals surface area contributed by atoms with Gasteiger partial charge in [-0.3, -0.25) is 14.9 Å². The van der Waals surface area contributed by atoms with Crippen molar-refractivity contribution >= 4 is 35.0 Å². The molecule has 2 aromatic carbocycles. The summed E-state index contributed by atoms with van der Waals surface area (Å²) in [5, 5.41) is 22.1. The van der Waals surface area contributed by atoms with Gasteiger partial charge in [-0.2, -0.15) is 13.2 Å². The maximum absolute atomic E-state index is 12.8. The molecule has 0 aliphatic carbocycles. The van der Waals surface area contributed by atoms with Gasteiger partial charge in [-0.05, 0) is 24.3 Å². The number of aliphatic carboxylic acids is 1. The van der Waals surface area contributed by atoms with Crippen molar-refractivity contribution in [3.63, 3.8) is 0 Å². The molecule has 0 heterocycles. The predicted octanol–water partition coefficient (Wildman–Crippen LogP) is 4.34. The Labute approximate surface area is 160 Å². The van der Waals surface area contributed by atoms with Crippen LogP contribution in [0.25, 0.3) is 0 Å². The van der Waals surface area contributed by atoms with Crippen LogP contribution < -0.4 is 5.32 Å². The molecule has 0 spiro atoms. The zero-order chi connectivity index (χ0) is 20.9. The second-order valence-electron chi connectivity index (χ2n) is 5.20. The number of carbonyl (C=O) groups is 2. The van der Waals surface area contributed by atoms with Crippen molar-refractivity contribution in [2.45, 2.75) is 16.0 Å². The molecule has 1 amide bonds. The highest BCUT2D eigenvalue weighted by Gasteiger charge is 2.33. The van der Waals surface area contributed by atoms with Gasteiger partial charge in [0.15, 0.2) is 0 Å². The number of rotatable bonds is 6. The average Bonchev–Trinajstić information content (AvgIpc) is 2.60. The molecular weight excluding hydrogens is 401 g/mol. The first kappa shape index (κ1) is 21.0. The molecule has 2 aromatic rings. The molecule has 0 aromatic heterocycles. The first-order valence-corrected chi connectivity index (χ1v) is 8.24. The number of carboxylic acid groups (broad SMARTS) is 1. The number of anilines is 1. The van der Waals surface area contributed by atoms with Crippen molar-refractivity contribution in [2.24, 2.45) is 0 Å². The van der Waals surface area contributed by atoms with Gasteiger partial charge in [0.05, 0.1) is 21.1 Å². The molecule has 0 radical (unpaired) electrons. The topological polar surface area (TPSA) is 110 Å². The highest BCUT2D eigenvalue weighted by atomic mass is 32.2. The van der Waals surface area contributed by atoms with E-state index in [-0.39, 0.29) is 10.6 Å². The molecule has 0 bridgehead atoms. The molecular formula is C17H11F3N2O5S. The third-order valence-corrected chi connectivity index (χ3v) is 4.37. The van der Waals surface area contributed by atoms with Gasteiger partial charge in [-0.1, -0.05) is 23.9 Å². The van der Waals surface area contributed by atoms with E-state index in [1.165, 1.54) is 12.1 Å². The number of amides is 1. The molecule has 2 N–H and O–H groups in total. The largest absolute Gasteiger partial charge is 0.478 e. The van der Waals surface area contributed by atoms with Crippen molar-refractivity contribution in [1.29, 1.82) is 0 Å². The van der Waals surface area contributed by atoms with Crippen LogP contribution in [0.5, 0.6) is 0 Å². The quantitative estimate of drug-likeness (QED) is 0.415. The first-order valence-electron chi connectivity index (χ1n) is 7.42. The Hall–Kier alpha value is -3.34. The number of benzene rings is 2.